The quantitative estimate of drug-likeness (QED) is 0.936. The number of carbonyl (C=O) groups excluding carboxylic acids is 1. The van der Waals surface area contributed by atoms with Gasteiger partial charge in [0.05, 0.1) is 17.8 Å². The maximum Gasteiger partial charge on any atom is 0.287 e. The zero-order valence-corrected chi connectivity index (χ0v) is 12.8. The SMILES string of the molecule is O=C(NC[C@H]1CCS(=O)(=O)C1)c1occc1-c1ccccc1. The predicted octanol–water partition coefficient (Wildman–Crippen LogP) is 2.11. The van der Waals surface area contributed by atoms with Crippen LogP contribution in [0.2, 0.25) is 0 Å². The zero-order chi connectivity index (χ0) is 15.6. The van der Waals surface area contributed by atoms with Gasteiger partial charge in [-0.3, -0.25) is 4.79 Å². The lowest BCUT2D eigenvalue weighted by Gasteiger charge is -2.09. The van der Waals surface area contributed by atoms with Gasteiger partial charge in [0.2, 0.25) is 0 Å². The van der Waals surface area contributed by atoms with E-state index in [2.05, 4.69) is 5.32 Å². The van der Waals surface area contributed by atoms with Crippen LogP contribution in [-0.4, -0.2) is 32.4 Å². The molecule has 0 spiro atoms. The fraction of sp³-hybridized carbons (Fsp3) is 0.312. The van der Waals surface area contributed by atoms with Gasteiger partial charge in [-0.05, 0) is 24.0 Å². The Labute approximate surface area is 129 Å². The number of amides is 1. The van der Waals surface area contributed by atoms with E-state index in [0.29, 0.717) is 13.0 Å². The van der Waals surface area contributed by atoms with Crippen molar-refractivity contribution < 1.29 is 17.6 Å². The summed E-state index contributed by atoms with van der Waals surface area (Å²) in [7, 11) is -2.92. The number of sulfone groups is 1. The molecule has 1 aromatic carbocycles. The van der Waals surface area contributed by atoms with Crippen LogP contribution in [0.1, 0.15) is 17.0 Å². The molecule has 22 heavy (non-hydrogen) atoms. The summed E-state index contributed by atoms with van der Waals surface area (Å²) < 4.78 is 28.2. The van der Waals surface area contributed by atoms with E-state index in [1.54, 1.807) is 6.07 Å². The third-order valence-corrected chi connectivity index (χ3v) is 5.67. The first kappa shape index (κ1) is 14.8. The summed E-state index contributed by atoms with van der Waals surface area (Å²) in [5, 5.41) is 2.78. The normalized spacial score (nSPS) is 19.9. The Morgan fingerprint density at radius 2 is 2.00 bits per heavy atom. The summed E-state index contributed by atoms with van der Waals surface area (Å²) in [6.07, 6.45) is 2.09. The molecule has 1 aromatic heterocycles. The van der Waals surface area contributed by atoms with E-state index < -0.39 is 9.84 Å². The highest BCUT2D eigenvalue weighted by Gasteiger charge is 2.28. The van der Waals surface area contributed by atoms with Crippen LogP contribution in [0.4, 0.5) is 0 Å². The molecule has 0 radical (unpaired) electrons. The highest BCUT2D eigenvalue weighted by molar-refractivity contribution is 7.91. The lowest BCUT2D eigenvalue weighted by Crippen LogP contribution is -2.29. The van der Waals surface area contributed by atoms with Crippen LogP contribution < -0.4 is 5.32 Å². The molecule has 1 N–H and O–H groups in total. The van der Waals surface area contributed by atoms with Crippen LogP contribution in [0.3, 0.4) is 0 Å². The third kappa shape index (κ3) is 3.22. The largest absolute Gasteiger partial charge is 0.459 e. The van der Waals surface area contributed by atoms with Gasteiger partial charge in [0.1, 0.15) is 0 Å². The molecule has 2 heterocycles. The number of carbonyl (C=O) groups is 1. The molecule has 0 unspecified atom stereocenters. The number of benzene rings is 1. The van der Waals surface area contributed by atoms with Crippen LogP contribution in [0, 0.1) is 5.92 Å². The lowest BCUT2D eigenvalue weighted by atomic mass is 10.1. The monoisotopic (exact) mass is 319 g/mol. The van der Waals surface area contributed by atoms with Crippen molar-refractivity contribution in [2.75, 3.05) is 18.1 Å². The minimum atomic E-state index is -2.92. The minimum absolute atomic E-state index is 0.0101. The van der Waals surface area contributed by atoms with Crippen LogP contribution in [-0.2, 0) is 9.84 Å². The fourth-order valence-electron chi connectivity index (χ4n) is 2.68. The standard InChI is InChI=1S/C16H17NO4S/c18-16(17-10-12-7-9-22(19,20)11-12)15-14(6-8-21-15)13-4-2-1-3-5-13/h1-6,8,12H,7,9-11H2,(H,17,18)/t12-/m1/s1. The topological polar surface area (TPSA) is 76.4 Å². The second-order valence-electron chi connectivity index (χ2n) is 5.51. The van der Waals surface area contributed by atoms with E-state index in [0.717, 1.165) is 11.1 Å². The second-order valence-corrected chi connectivity index (χ2v) is 7.74. The molecule has 1 aliphatic rings. The Kier molecular flexibility index (Phi) is 4.02. The van der Waals surface area contributed by atoms with Crippen molar-refractivity contribution in [2.24, 2.45) is 5.92 Å². The molecule has 6 heteroatoms. The summed E-state index contributed by atoms with van der Waals surface area (Å²) in [4.78, 5) is 12.3. The maximum absolute atomic E-state index is 12.3. The molecule has 1 fully saturated rings. The van der Waals surface area contributed by atoms with E-state index in [1.165, 1.54) is 6.26 Å². The third-order valence-electron chi connectivity index (χ3n) is 3.83. The first-order valence-electron chi connectivity index (χ1n) is 7.17. The van der Waals surface area contributed by atoms with Crippen molar-refractivity contribution in [3.8, 4) is 11.1 Å². The highest BCUT2D eigenvalue weighted by Crippen LogP contribution is 2.25. The van der Waals surface area contributed by atoms with Gasteiger partial charge in [0.15, 0.2) is 15.6 Å². The van der Waals surface area contributed by atoms with Crippen molar-refractivity contribution in [2.45, 2.75) is 6.42 Å². The van der Waals surface area contributed by atoms with E-state index >= 15 is 0 Å². The molecule has 1 aliphatic heterocycles. The fourth-order valence-corrected chi connectivity index (χ4v) is 4.54. The van der Waals surface area contributed by atoms with Crippen LogP contribution in [0.25, 0.3) is 11.1 Å². The Balaban J connectivity index is 1.68. The van der Waals surface area contributed by atoms with Crippen LogP contribution >= 0.6 is 0 Å². The smallest absolute Gasteiger partial charge is 0.287 e. The summed E-state index contributed by atoms with van der Waals surface area (Å²) in [6.45, 7) is 0.354. The molecule has 0 bridgehead atoms. The van der Waals surface area contributed by atoms with Gasteiger partial charge < -0.3 is 9.73 Å². The van der Waals surface area contributed by atoms with Crippen molar-refractivity contribution in [3.05, 3.63) is 48.4 Å². The summed E-state index contributed by atoms with van der Waals surface area (Å²) in [5.41, 5.74) is 1.64. The molecule has 1 amide bonds. The molecular formula is C16H17NO4S. The van der Waals surface area contributed by atoms with Gasteiger partial charge in [-0.25, -0.2) is 8.42 Å². The second kappa shape index (κ2) is 5.96. The van der Waals surface area contributed by atoms with Gasteiger partial charge in [0, 0.05) is 12.1 Å². The molecular weight excluding hydrogens is 302 g/mol. The van der Waals surface area contributed by atoms with Crippen molar-refractivity contribution in [1.82, 2.24) is 5.32 Å². The van der Waals surface area contributed by atoms with E-state index in [1.807, 2.05) is 30.3 Å². The predicted molar refractivity (Wildman–Crippen MR) is 83.2 cm³/mol. The van der Waals surface area contributed by atoms with E-state index in [9.17, 15) is 13.2 Å². The molecule has 5 nitrogen and oxygen atoms in total. The van der Waals surface area contributed by atoms with Gasteiger partial charge in [-0.1, -0.05) is 30.3 Å². The zero-order valence-electron chi connectivity index (χ0n) is 12.0. The Bertz CT molecular complexity index is 764. The molecule has 0 saturated carbocycles. The van der Waals surface area contributed by atoms with Crippen molar-refractivity contribution in [1.29, 1.82) is 0 Å². The highest BCUT2D eigenvalue weighted by atomic mass is 32.2. The van der Waals surface area contributed by atoms with E-state index in [4.69, 9.17) is 4.42 Å². The average molecular weight is 319 g/mol. The minimum Gasteiger partial charge on any atom is -0.459 e. The van der Waals surface area contributed by atoms with Crippen LogP contribution in [0.5, 0.6) is 0 Å². The van der Waals surface area contributed by atoms with Gasteiger partial charge in [-0.15, -0.1) is 0 Å². The Morgan fingerprint density at radius 3 is 2.68 bits per heavy atom. The molecule has 1 saturated heterocycles. The molecule has 0 aliphatic carbocycles. The Hall–Kier alpha value is -2.08. The van der Waals surface area contributed by atoms with Gasteiger partial charge in [0.25, 0.3) is 5.91 Å². The molecule has 3 rings (SSSR count). The summed E-state index contributed by atoms with van der Waals surface area (Å²) >= 11 is 0. The number of nitrogens with one attached hydrogen (secondary N) is 1. The summed E-state index contributed by atoms with van der Waals surface area (Å²) in [5.74, 6) is 0.296. The molecule has 2 aromatic rings. The maximum atomic E-state index is 12.3. The first-order chi connectivity index (χ1) is 10.6. The van der Waals surface area contributed by atoms with E-state index in [-0.39, 0.29) is 29.1 Å². The van der Waals surface area contributed by atoms with Crippen molar-refractivity contribution in [3.63, 3.8) is 0 Å². The number of furan rings is 1. The molecule has 1 atom stereocenters. The lowest BCUT2D eigenvalue weighted by molar-refractivity contribution is 0.0921. The van der Waals surface area contributed by atoms with Gasteiger partial charge >= 0.3 is 0 Å². The first-order valence-corrected chi connectivity index (χ1v) is 8.99. The van der Waals surface area contributed by atoms with Gasteiger partial charge in [-0.2, -0.15) is 0 Å². The number of hydrogen-bond donors (Lipinski definition) is 1. The number of rotatable bonds is 4. The van der Waals surface area contributed by atoms with Crippen molar-refractivity contribution >= 4 is 15.7 Å². The number of hydrogen-bond acceptors (Lipinski definition) is 4. The van der Waals surface area contributed by atoms with Crippen LogP contribution in [0.15, 0.2) is 47.1 Å². The Morgan fingerprint density at radius 1 is 1.23 bits per heavy atom. The average Bonchev–Trinajstić information content (AvgIpc) is 3.12. The molecule has 116 valence electrons. The summed E-state index contributed by atoms with van der Waals surface area (Å²) in [6, 6.07) is 11.3.